The Morgan fingerprint density at radius 1 is 1.21 bits per heavy atom. The van der Waals surface area contributed by atoms with Crippen LogP contribution in [0.15, 0.2) is 36.4 Å². The first kappa shape index (κ1) is 18.3. The molecule has 1 N–H and O–H groups in total. The van der Waals surface area contributed by atoms with Crippen LogP contribution in [0.2, 0.25) is 0 Å². The van der Waals surface area contributed by atoms with Gasteiger partial charge in [-0.05, 0) is 42.4 Å². The first-order valence-corrected chi connectivity index (χ1v) is 9.50. The van der Waals surface area contributed by atoms with Gasteiger partial charge in [0.25, 0.3) is 0 Å². The molecule has 28 heavy (non-hydrogen) atoms. The van der Waals surface area contributed by atoms with Crippen LogP contribution in [0.3, 0.4) is 0 Å². The van der Waals surface area contributed by atoms with Crippen molar-refractivity contribution in [2.75, 3.05) is 20.1 Å². The van der Waals surface area contributed by atoms with Crippen LogP contribution in [0.4, 0.5) is 0 Å². The molecule has 0 bridgehead atoms. The number of likely N-dealkylation sites (tertiary alicyclic amines) is 1. The van der Waals surface area contributed by atoms with E-state index in [0.717, 1.165) is 35.9 Å². The minimum absolute atomic E-state index is 0.0502. The molecule has 1 aliphatic heterocycles. The zero-order chi connectivity index (χ0) is 19.3. The van der Waals surface area contributed by atoms with Gasteiger partial charge in [0.2, 0.25) is 5.91 Å². The maximum Gasteiger partial charge on any atom is 0.244 e. The fourth-order valence-electron chi connectivity index (χ4n) is 3.39. The summed E-state index contributed by atoms with van der Waals surface area (Å²) in [6, 6.07) is 11.9. The minimum atomic E-state index is -0.0502. The number of benzene rings is 1. The smallest absolute Gasteiger partial charge is 0.244 e. The lowest BCUT2D eigenvalue weighted by Gasteiger charge is -2.17. The van der Waals surface area contributed by atoms with Crippen LogP contribution in [0.5, 0.6) is 0 Å². The Bertz CT molecular complexity index is 913. The van der Waals surface area contributed by atoms with E-state index in [1.165, 1.54) is 12.8 Å². The number of rotatable bonds is 7. The molecular weight excluding hydrogens is 356 g/mol. The predicted octanol–water partition coefficient (Wildman–Crippen LogP) is 1.32. The molecule has 0 aliphatic carbocycles. The minimum Gasteiger partial charge on any atom is -0.338 e. The van der Waals surface area contributed by atoms with Crippen LogP contribution in [-0.4, -0.2) is 66.2 Å². The Kier molecular flexibility index (Phi) is 5.43. The number of tetrazole rings is 1. The zero-order valence-corrected chi connectivity index (χ0v) is 16.0. The Hall–Kier alpha value is -3.07. The molecule has 1 amide bonds. The second-order valence-electron chi connectivity index (χ2n) is 7.13. The van der Waals surface area contributed by atoms with Crippen molar-refractivity contribution < 1.29 is 4.79 Å². The number of likely N-dealkylation sites (N-methyl/N-ethyl adjacent to an activating group) is 1. The fraction of sp³-hybridized carbons (Fsp3) is 0.421. The molecule has 0 unspecified atom stereocenters. The Balaban J connectivity index is 1.35. The van der Waals surface area contributed by atoms with Crippen molar-refractivity contribution in [3.8, 4) is 11.3 Å². The summed E-state index contributed by atoms with van der Waals surface area (Å²) in [5, 5.41) is 19.2. The van der Waals surface area contributed by atoms with Crippen molar-refractivity contribution >= 4 is 5.91 Å². The first-order chi connectivity index (χ1) is 13.7. The van der Waals surface area contributed by atoms with Gasteiger partial charge in [-0.25, -0.2) is 4.68 Å². The summed E-state index contributed by atoms with van der Waals surface area (Å²) in [6.45, 7) is 3.38. The van der Waals surface area contributed by atoms with E-state index < -0.39 is 0 Å². The SMILES string of the molecule is CN(Cc1cc(-c2ccccc2)n[nH]1)C(=O)Cn1nnnc1CN1CCCC1. The number of hydrogen-bond donors (Lipinski definition) is 1. The van der Waals surface area contributed by atoms with E-state index in [4.69, 9.17) is 0 Å². The molecule has 3 heterocycles. The van der Waals surface area contributed by atoms with E-state index in [2.05, 4.69) is 30.6 Å². The maximum absolute atomic E-state index is 12.6. The number of hydrogen-bond acceptors (Lipinski definition) is 6. The van der Waals surface area contributed by atoms with Crippen molar-refractivity contribution in [1.82, 2.24) is 40.2 Å². The highest BCUT2D eigenvalue weighted by Gasteiger charge is 2.19. The number of nitrogens with one attached hydrogen (secondary N) is 1. The van der Waals surface area contributed by atoms with Crippen molar-refractivity contribution in [2.45, 2.75) is 32.5 Å². The maximum atomic E-state index is 12.6. The van der Waals surface area contributed by atoms with Gasteiger partial charge in [-0.2, -0.15) is 5.10 Å². The molecule has 9 heteroatoms. The second kappa shape index (κ2) is 8.30. The molecule has 2 aromatic heterocycles. The molecular formula is C19H24N8O. The largest absolute Gasteiger partial charge is 0.338 e. The van der Waals surface area contributed by atoms with E-state index in [1.807, 2.05) is 36.4 Å². The molecule has 1 fully saturated rings. The van der Waals surface area contributed by atoms with Gasteiger partial charge in [0, 0.05) is 12.6 Å². The topological polar surface area (TPSA) is 95.8 Å². The van der Waals surface area contributed by atoms with Crippen LogP contribution >= 0.6 is 0 Å². The van der Waals surface area contributed by atoms with E-state index in [0.29, 0.717) is 13.1 Å². The molecule has 1 aliphatic rings. The van der Waals surface area contributed by atoms with Crippen LogP contribution in [-0.2, 0) is 24.4 Å². The summed E-state index contributed by atoms with van der Waals surface area (Å²) in [6.07, 6.45) is 2.41. The van der Waals surface area contributed by atoms with Gasteiger partial charge >= 0.3 is 0 Å². The second-order valence-corrected chi connectivity index (χ2v) is 7.13. The van der Waals surface area contributed by atoms with Crippen molar-refractivity contribution in [3.05, 3.63) is 47.9 Å². The average Bonchev–Trinajstić information content (AvgIpc) is 3.46. The number of carbonyl (C=O) groups is 1. The van der Waals surface area contributed by atoms with E-state index in [-0.39, 0.29) is 12.5 Å². The third-order valence-corrected chi connectivity index (χ3v) is 4.99. The molecule has 1 aromatic carbocycles. The highest BCUT2D eigenvalue weighted by atomic mass is 16.2. The quantitative estimate of drug-likeness (QED) is 0.664. The number of H-pyrrole nitrogens is 1. The van der Waals surface area contributed by atoms with Gasteiger partial charge in [-0.15, -0.1) is 5.10 Å². The molecule has 0 spiro atoms. The first-order valence-electron chi connectivity index (χ1n) is 9.50. The lowest BCUT2D eigenvalue weighted by atomic mass is 10.1. The summed E-state index contributed by atoms with van der Waals surface area (Å²) in [5.74, 6) is 0.683. The number of nitrogens with zero attached hydrogens (tertiary/aromatic N) is 7. The van der Waals surface area contributed by atoms with Crippen LogP contribution in [0.25, 0.3) is 11.3 Å². The number of amides is 1. The monoisotopic (exact) mass is 380 g/mol. The zero-order valence-electron chi connectivity index (χ0n) is 16.0. The third kappa shape index (κ3) is 4.25. The molecule has 4 rings (SSSR count). The van der Waals surface area contributed by atoms with E-state index in [1.54, 1.807) is 16.6 Å². The van der Waals surface area contributed by atoms with Crippen LogP contribution in [0, 0.1) is 0 Å². The van der Waals surface area contributed by atoms with Gasteiger partial charge < -0.3 is 4.90 Å². The summed E-state index contributed by atoms with van der Waals surface area (Å²) < 4.78 is 1.60. The number of carbonyl (C=O) groups excluding carboxylic acids is 1. The summed E-state index contributed by atoms with van der Waals surface area (Å²) >= 11 is 0. The normalized spacial score (nSPS) is 14.5. The van der Waals surface area contributed by atoms with Crippen molar-refractivity contribution in [2.24, 2.45) is 0 Å². The highest BCUT2D eigenvalue weighted by molar-refractivity contribution is 5.75. The summed E-state index contributed by atoms with van der Waals surface area (Å²) in [4.78, 5) is 16.6. The van der Waals surface area contributed by atoms with Crippen LogP contribution in [0.1, 0.15) is 24.4 Å². The molecule has 0 radical (unpaired) electrons. The van der Waals surface area contributed by atoms with Gasteiger partial charge in [0.05, 0.1) is 24.5 Å². The molecule has 3 aromatic rings. The Labute approximate surface area is 163 Å². The van der Waals surface area contributed by atoms with Gasteiger partial charge in [-0.3, -0.25) is 14.8 Å². The molecule has 0 atom stereocenters. The van der Waals surface area contributed by atoms with E-state index in [9.17, 15) is 4.79 Å². The van der Waals surface area contributed by atoms with E-state index >= 15 is 0 Å². The Morgan fingerprint density at radius 3 is 2.79 bits per heavy atom. The number of aromatic amines is 1. The van der Waals surface area contributed by atoms with Crippen molar-refractivity contribution in [3.63, 3.8) is 0 Å². The van der Waals surface area contributed by atoms with Crippen molar-refractivity contribution in [1.29, 1.82) is 0 Å². The van der Waals surface area contributed by atoms with Gasteiger partial charge in [0.15, 0.2) is 5.82 Å². The lowest BCUT2D eigenvalue weighted by molar-refractivity contribution is -0.131. The third-order valence-electron chi connectivity index (χ3n) is 4.99. The molecule has 0 saturated carbocycles. The van der Waals surface area contributed by atoms with Gasteiger partial charge in [-0.1, -0.05) is 30.3 Å². The number of aromatic nitrogens is 6. The highest BCUT2D eigenvalue weighted by Crippen LogP contribution is 2.17. The van der Waals surface area contributed by atoms with Gasteiger partial charge in [0.1, 0.15) is 6.54 Å². The molecule has 1 saturated heterocycles. The predicted molar refractivity (Wildman–Crippen MR) is 103 cm³/mol. The fourth-order valence-corrected chi connectivity index (χ4v) is 3.39. The average molecular weight is 380 g/mol. The Morgan fingerprint density at radius 2 is 2.00 bits per heavy atom. The standard InChI is InChI=1S/C19H24N8O/c1-25(12-16-11-17(21-20-16)15-7-3-2-4-8-15)19(28)14-27-18(22-23-24-27)13-26-9-5-6-10-26/h2-4,7-8,11H,5-6,9-10,12-14H2,1H3,(H,20,21). The lowest BCUT2D eigenvalue weighted by Crippen LogP contribution is -2.31. The van der Waals surface area contributed by atoms with Crippen LogP contribution < -0.4 is 0 Å². The molecule has 146 valence electrons. The summed E-state index contributed by atoms with van der Waals surface area (Å²) in [5.41, 5.74) is 2.78. The summed E-state index contributed by atoms with van der Waals surface area (Å²) in [7, 11) is 1.77. The molecule has 9 nitrogen and oxygen atoms in total.